The monoisotopic (exact) mass is 263 g/mol. The summed E-state index contributed by atoms with van der Waals surface area (Å²) in [5.41, 5.74) is 4.29. The molecule has 0 aliphatic heterocycles. The molecule has 0 saturated heterocycles. The Balaban J connectivity index is 2.20. The molecule has 0 unspecified atom stereocenters. The Labute approximate surface area is 109 Å². The number of nitriles is 1. The SMILES string of the molecule is CN(Cc1cscn1)c1ccc(C#N)cc1Cl. The highest BCUT2D eigenvalue weighted by molar-refractivity contribution is 7.07. The largest absolute Gasteiger partial charge is 0.367 e. The topological polar surface area (TPSA) is 39.9 Å². The molecular weight excluding hydrogens is 254 g/mol. The Bertz CT molecular complexity index is 545. The highest BCUT2D eigenvalue weighted by atomic mass is 35.5. The second-order valence-electron chi connectivity index (χ2n) is 3.61. The number of nitrogens with zero attached hydrogens (tertiary/aromatic N) is 3. The first-order valence-electron chi connectivity index (χ1n) is 4.98. The molecule has 0 aliphatic carbocycles. The van der Waals surface area contributed by atoms with E-state index in [-0.39, 0.29) is 0 Å². The van der Waals surface area contributed by atoms with E-state index in [1.807, 2.05) is 28.9 Å². The molecule has 0 radical (unpaired) electrons. The Kier molecular flexibility index (Phi) is 3.62. The molecule has 0 amide bonds. The molecule has 0 N–H and O–H groups in total. The summed E-state index contributed by atoms with van der Waals surface area (Å²) < 4.78 is 0. The molecule has 0 fully saturated rings. The molecule has 3 nitrogen and oxygen atoms in total. The molecule has 1 aromatic heterocycles. The van der Waals surface area contributed by atoms with Gasteiger partial charge in [-0.3, -0.25) is 0 Å². The van der Waals surface area contributed by atoms with E-state index in [0.717, 1.165) is 11.4 Å². The first-order valence-corrected chi connectivity index (χ1v) is 6.30. The van der Waals surface area contributed by atoms with Gasteiger partial charge in [0.25, 0.3) is 0 Å². The molecule has 0 saturated carbocycles. The third kappa shape index (κ3) is 2.76. The van der Waals surface area contributed by atoms with Crippen molar-refractivity contribution in [3.63, 3.8) is 0 Å². The standard InChI is InChI=1S/C12H10ClN3S/c1-16(6-10-7-17-8-15-10)12-3-2-9(5-14)4-11(12)13/h2-4,7-8H,6H2,1H3. The Morgan fingerprint density at radius 1 is 1.53 bits per heavy atom. The lowest BCUT2D eigenvalue weighted by Gasteiger charge is -2.19. The first-order chi connectivity index (χ1) is 8.20. The zero-order valence-corrected chi connectivity index (χ0v) is 10.8. The van der Waals surface area contributed by atoms with Crippen LogP contribution in [0.2, 0.25) is 5.02 Å². The van der Waals surface area contributed by atoms with E-state index in [4.69, 9.17) is 16.9 Å². The van der Waals surface area contributed by atoms with E-state index < -0.39 is 0 Å². The van der Waals surface area contributed by atoms with Crippen LogP contribution in [0, 0.1) is 11.3 Å². The third-order valence-corrected chi connectivity index (χ3v) is 3.31. The van der Waals surface area contributed by atoms with E-state index in [1.54, 1.807) is 23.5 Å². The highest BCUT2D eigenvalue weighted by Crippen LogP contribution is 2.26. The summed E-state index contributed by atoms with van der Waals surface area (Å²) in [6.07, 6.45) is 0. The Morgan fingerprint density at radius 2 is 2.35 bits per heavy atom. The van der Waals surface area contributed by atoms with Crippen molar-refractivity contribution in [1.29, 1.82) is 5.26 Å². The van der Waals surface area contributed by atoms with E-state index in [9.17, 15) is 0 Å². The summed E-state index contributed by atoms with van der Waals surface area (Å²) in [6, 6.07) is 7.36. The number of rotatable bonds is 3. The predicted molar refractivity (Wildman–Crippen MR) is 70.4 cm³/mol. The van der Waals surface area contributed by atoms with Gasteiger partial charge < -0.3 is 4.90 Å². The minimum absolute atomic E-state index is 0.570. The molecule has 0 spiro atoms. The van der Waals surface area contributed by atoms with Crippen molar-refractivity contribution in [3.8, 4) is 6.07 Å². The van der Waals surface area contributed by atoms with Crippen molar-refractivity contribution >= 4 is 28.6 Å². The van der Waals surface area contributed by atoms with Crippen LogP contribution in [0.5, 0.6) is 0 Å². The lowest BCUT2D eigenvalue weighted by Crippen LogP contribution is -2.16. The maximum Gasteiger partial charge on any atom is 0.0992 e. The first kappa shape index (κ1) is 11.9. The molecule has 0 aliphatic rings. The summed E-state index contributed by atoms with van der Waals surface area (Å²) in [6.45, 7) is 0.703. The van der Waals surface area contributed by atoms with Gasteiger partial charge in [0.2, 0.25) is 0 Å². The van der Waals surface area contributed by atoms with Crippen molar-refractivity contribution in [2.75, 3.05) is 11.9 Å². The number of aromatic nitrogens is 1. The molecule has 0 atom stereocenters. The highest BCUT2D eigenvalue weighted by Gasteiger charge is 2.08. The number of anilines is 1. The van der Waals surface area contributed by atoms with Crippen LogP contribution in [0.4, 0.5) is 5.69 Å². The zero-order valence-electron chi connectivity index (χ0n) is 9.22. The summed E-state index contributed by atoms with van der Waals surface area (Å²) in [5, 5.41) is 11.4. The van der Waals surface area contributed by atoms with Crippen LogP contribution in [-0.4, -0.2) is 12.0 Å². The maximum atomic E-state index is 8.77. The van der Waals surface area contributed by atoms with Crippen LogP contribution in [0.15, 0.2) is 29.1 Å². The molecule has 17 heavy (non-hydrogen) atoms. The Hall–Kier alpha value is -1.57. The number of halogens is 1. The molecule has 1 heterocycles. The summed E-state index contributed by atoms with van der Waals surface area (Å²) in [5.74, 6) is 0. The lowest BCUT2D eigenvalue weighted by atomic mass is 10.2. The quantitative estimate of drug-likeness (QED) is 0.853. The van der Waals surface area contributed by atoms with Gasteiger partial charge in [-0.05, 0) is 18.2 Å². The van der Waals surface area contributed by atoms with E-state index >= 15 is 0 Å². The fourth-order valence-corrected chi connectivity index (χ4v) is 2.40. The van der Waals surface area contributed by atoms with Gasteiger partial charge in [0.05, 0.1) is 40.1 Å². The molecule has 2 rings (SSSR count). The molecule has 1 aromatic carbocycles. The van der Waals surface area contributed by atoms with Crippen LogP contribution in [-0.2, 0) is 6.54 Å². The third-order valence-electron chi connectivity index (χ3n) is 2.37. The van der Waals surface area contributed by atoms with Gasteiger partial charge in [0.1, 0.15) is 0 Å². The fourth-order valence-electron chi connectivity index (χ4n) is 1.53. The van der Waals surface area contributed by atoms with Crippen molar-refractivity contribution in [1.82, 2.24) is 4.98 Å². The van der Waals surface area contributed by atoms with Gasteiger partial charge in [-0.2, -0.15) is 5.26 Å². The van der Waals surface area contributed by atoms with Crippen molar-refractivity contribution in [2.45, 2.75) is 6.54 Å². The summed E-state index contributed by atoms with van der Waals surface area (Å²) in [7, 11) is 1.95. The van der Waals surface area contributed by atoms with E-state index in [2.05, 4.69) is 11.1 Å². The second kappa shape index (κ2) is 5.17. The van der Waals surface area contributed by atoms with Crippen LogP contribution >= 0.6 is 22.9 Å². The van der Waals surface area contributed by atoms with Gasteiger partial charge >= 0.3 is 0 Å². The van der Waals surface area contributed by atoms with Crippen molar-refractivity contribution in [3.05, 3.63) is 45.4 Å². The molecular formula is C12H10ClN3S. The normalized spacial score (nSPS) is 9.94. The van der Waals surface area contributed by atoms with Gasteiger partial charge in [-0.25, -0.2) is 4.98 Å². The summed E-state index contributed by atoms with van der Waals surface area (Å²) in [4.78, 5) is 6.24. The molecule has 5 heteroatoms. The smallest absolute Gasteiger partial charge is 0.0992 e. The average Bonchev–Trinajstić information content (AvgIpc) is 2.81. The van der Waals surface area contributed by atoms with Crippen LogP contribution in [0.25, 0.3) is 0 Å². The lowest BCUT2D eigenvalue weighted by molar-refractivity contribution is 0.895. The number of thiazole rings is 1. The molecule has 0 bridgehead atoms. The van der Waals surface area contributed by atoms with Gasteiger partial charge in [-0.15, -0.1) is 11.3 Å². The minimum atomic E-state index is 0.570. The van der Waals surface area contributed by atoms with Crippen molar-refractivity contribution < 1.29 is 0 Å². The minimum Gasteiger partial charge on any atom is -0.367 e. The molecule has 2 aromatic rings. The van der Waals surface area contributed by atoms with Crippen LogP contribution < -0.4 is 4.90 Å². The van der Waals surface area contributed by atoms with Crippen LogP contribution in [0.3, 0.4) is 0 Å². The maximum absolute atomic E-state index is 8.77. The van der Waals surface area contributed by atoms with Gasteiger partial charge in [0, 0.05) is 12.4 Å². The zero-order chi connectivity index (χ0) is 12.3. The number of hydrogen-bond acceptors (Lipinski definition) is 4. The second-order valence-corrected chi connectivity index (χ2v) is 4.74. The average molecular weight is 264 g/mol. The van der Waals surface area contributed by atoms with Crippen molar-refractivity contribution in [2.24, 2.45) is 0 Å². The van der Waals surface area contributed by atoms with Gasteiger partial charge in [-0.1, -0.05) is 11.6 Å². The summed E-state index contributed by atoms with van der Waals surface area (Å²) >= 11 is 7.71. The fraction of sp³-hybridized carbons (Fsp3) is 0.167. The Morgan fingerprint density at radius 3 is 2.94 bits per heavy atom. The number of benzene rings is 1. The van der Waals surface area contributed by atoms with Crippen LogP contribution in [0.1, 0.15) is 11.3 Å². The van der Waals surface area contributed by atoms with E-state index in [0.29, 0.717) is 17.1 Å². The predicted octanol–water partition coefficient (Wildman–Crippen LogP) is 3.30. The number of hydrogen-bond donors (Lipinski definition) is 0. The van der Waals surface area contributed by atoms with E-state index in [1.165, 1.54) is 0 Å². The molecule has 86 valence electrons. The van der Waals surface area contributed by atoms with Gasteiger partial charge in [0.15, 0.2) is 0 Å².